The first kappa shape index (κ1) is 12.9. The number of ether oxygens (including phenoxy) is 1. The molecule has 19 heavy (non-hydrogen) atoms. The number of hydrogen-bond donors (Lipinski definition) is 2. The van der Waals surface area contributed by atoms with Crippen molar-refractivity contribution in [3.63, 3.8) is 0 Å². The molecule has 98 valence electrons. The molecule has 2 N–H and O–H groups in total. The fourth-order valence-electron chi connectivity index (χ4n) is 1.85. The highest BCUT2D eigenvalue weighted by atomic mass is 16.5. The summed E-state index contributed by atoms with van der Waals surface area (Å²) < 4.78 is 5.08. The van der Waals surface area contributed by atoms with Crippen LogP contribution in [0.3, 0.4) is 0 Å². The van der Waals surface area contributed by atoms with E-state index >= 15 is 0 Å². The average Bonchev–Trinajstić information content (AvgIpc) is 3.19. The van der Waals surface area contributed by atoms with Crippen LogP contribution in [0.5, 0.6) is 5.75 Å². The molecule has 0 aromatic heterocycles. The van der Waals surface area contributed by atoms with Gasteiger partial charge in [0.25, 0.3) is 0 Å². The van der Waals surface area contributed by atoms with Gasteiger partial charge in [-0.25, -0.2) is 0 Å². The molecular weight excluding hydrogens is 248 g/mol. The molecule has 0 bridgehead atoms. The third-order valence-corrected chi connectivity index (χ3v) is 3.03. The molecule has 6 heteroatoms. The van der Waals surface area contributed by atoms with Crippen molar-refractivity contribution in [2.45, 2.75) is 6.42 Å². The summed E-state index contributed by atoms with van der Waals surface area (Å²) in [4.78, 5) is 22.5. The molecule has 1 aliphatic rings. The predicted octanol–water partition coefficient (Wildman–Crippen LogP) is 1.23. The number of rotatable bonds is 4. The molecule has 1 aromatic carbocycles. The normalized spacial score (nSPS) is 20.2. The Bertz CT molecular complexity index is 576. The Kier molecular flexibility index (Phi) is 3.38. The van der Waals surface area contributed by atoms with E-state index in [1.165, 1.54) is 13.2 Å². The van der Waals surface area contributed by atoms with Crippen LogP contribution < -0.4 is 10.1 Å². The van der Waals surface area contributed by atoms with E-state index in [0.29, 0.717) is 23.4 Å². The fraction of sp³-hybridized carbons (Fsp3) is 0.308. The molecule has 2 atom stereocenters. The van der Waals surface area contributed by atoms with Gasteiger partial charge in [-0.3, -0.25) is 9.59 Å². The first-order valence-corrected chi connectivity index (χ1v) is 5.68. The van der Waals surface area contributed by atoms with E-state index in [1.807, 2.05) is 6.07 Å². The summed E-state index contributed by atoms with van der Waals surface area (Å²) in [7, 11) is 1.43. The Labute approximate surface area is 109 Å². The highest BCUT2D eigenvalue weighted by Crippen LogP contribution is 2.40. The Balaban J connectivity index is 2.10. The quantitative estimate of drug-likeness (QED) is 0.848. The number of nitriles is 1. The molecule has 0 radical (unpaired) electrons. The van der Waals surface area contributed by atoms with Crippen molar-refractivity contribution >= 4 is 17.6 Å². The maximum absolute atomic E-state index is 11.8. The summed E-state index contributed by atoms with van der Waals surface area (Å²) in [6.45, 7) is 0. The van der Waals surface area contributed by atoms with E-state index in [-0.39, 0.29) is 5.91 Å². The van der Waals surface area contributed by atoms with Gasteiger partial charge in [0.15, 0.2) is 0 Å². The number of carbonyl (C=O) groups excluding carboxylic acids is 1. The van der Waals surface area contributed by atoms with E-state index in [1.54, 1.807) is 12.1 Å². The van der Waals surface area contributed by atoms with E-state index in [4.69, 9.17) is 15.1 Å². The second-order valence-electron chi connectivity index (χ2n) is 4.30. The average molecular weight is 260 g/mol. The maximum Gasteiger partial charge on any atom is 0.307 e. The summed E-state index contributed by atoms with van der Waals surface area (Å²) in [6.07, 6.45) is 0.361. The number of nitrogens with one attached hydrogen (secondary N) is 1. The number of benzene rings is 1. The molecule has 1 saturated carbocycles. The third kappa shape index (κ3) is 2.65. The van der Waals surface area contributed by atoms with Gasteiger partial charge >= 0.3 is 5.97 Å². The SMILES string of the molecule is COc1cc(C#N)ccc1NC(=O)[C@@H]1C[C@@H]1C(=O)O. The van der Waals surface area contributed by atoms with Crippen molar-refractivity contribution in [2.24, 2.45) is 11.8 Å². The number of amides is 1. The molecule has 0 spiro atoms. The molecule has 2 rings (SSSR count). The van der Waals surface area contributed by atoms with Crippen LogP contribution in [0.1, 0.15) is 12.0 Å². The van der Waals surface area contributed by atoms with Crippen molar-refractivity contribution in [1.29, 1.82) is 5.26 Å². The number of nitrogens with zero attached hydrogens (tertiary/aromatic N) is 1. The van der Waals surface area contributed by atoms with E-state index < -0.39 is 17.8 Å². The van der Waals surface area contributed by atoms with Crippen molar-refractivity contribution < 1.29 is 19.4 Å². The summed E-state index contributed by atoms with van der Waals surface area (Å²) in [5.74, 6) is -2.00. The van der Waals surface area contributed by atoms with Gasteiger partial charge in [0.05, 0.1) is 36.3 Å². The minimum absolute atomic E-state index is 0.338. The van der Waals surface area contributed by atoms with Gasteiger partial charge in [0, 0.05) is 6.07 Å². The summed E-state index contributed by atoms with van der Waals surface area (Å²) in [5.41, 5.74) is 0.854. The number of carboxylic acid groups (broad SMARTS) is 1. The number of hydrogen-bond acceptors (Lipinski definition) is 4. The zero-order valence-corrected chi connectivity index (χ0v) is 10.2. The third-order valence-electron chi connectivity index (χ3n) is 3.03. The molecule has 1 fully saturated rings. The molecular formula is C13H12N2O4. The largest absolute Gasteiger partial charge is 0.495 e. The van der Waals surface area contributed by atoms with Gasteiger partial charge in [0.1, 0.15) is 5.75 Å². The Morgan fingerprint density at radius 3 is 2.74 bits per heavy atom. The van der Waals surface area contributed by atoms with Crippen LogP contribution in [0, 0.1) is 23.2 Å². The summed E-state index contributed by atoms with van der Waals surface area (Å²) >= 11 is 0. The number of methoxy groups -OCH3 is 1. The van der Waals surface area contributed by atoms with Crippen LogP contribution in [0.2, 0.25) is 0 Å². The molecule has 1 aliphatic carbocycles. The van der Waals surface area contributed by atoms with Crippen LogP contribution >= 0.6 is 0 Å². The lowest BCUT2D eigenvalue weighted by Gasteiger charge is -2.10. The van der Waals surface area contributed by atoms with Crippen LogP contribution in [0.15, 0.2) is 18.2 Å². The second kappa shape index (κ2) is 4.98. The molecule has 0 saturated heterocycles. The van der Waals surface area contributed by atoms with Crippen molar-refractivity contribution in [2.75, 3.05) is 12.4 Å². The summed E-state index contributed by atoms with van der Waals surface area (Å²) in [6, 6.07) is 6.60. The van der Waals surface area contributed by atoms with Crippen molar-refractivity contribution in [3.05, 3.63) is 23.8 Å². The van der Waals surface area contributed by atoms with Gasteiger partial charge in [-0.2, -0.15) is 5.26 Å². The lowest BCUT2D eigenvalue weighted by Crippen LogP contribution is -2.17. The van der Waals surface area contributed by atoms with E-state index in [0.717, 1.165) is 0 Å². The Morgan fingerprint density at radius 2 is 2.21 bits per heavy atom. The molecule has 1 aromatic rings. The van der Waals surface area contributed by atoms with Crippen molar-refractivity contribution in [1.82, 2.24) is 0 Å². The lowest BCUT2D eigenvalue weighted by atomic mass is 10.2. The smallest absolute Gasteiger partial charge is 0.307 e. The number of carbonyl (C=O) groups is 2. The number of carboxylic acids is 1. The topological polar surface area (TPSA) is 99.4 Å². The summed E-state index contributed by atoms with van der Waals surface area (Å²) in [5, 5.41) is 20.2. The Morgan fingerprint density at radius 1 is 1.47 bits per heavy atom. The first-order valence-electron chi connectivity index (χ1n) is 5.68. The minimum atomic E-state index is -0.952. The monoisotopic (exact) mass is 260 g/mol. The zero-order chi connectivity index (χ0) is 14.0. The first-order chi connectivity index (χ1) is 9.06. The highest BCUT2D eigenvalue weighted by Gasteiger charge is 2.48. The molecule has 1 amide bonds. The van der Waals surface area contributed by atoms with Crippen LogP contribution in [0.25, 0.3) is 0 Å². The lowest BCUT2D eigenvalue weighted by molar-refractivity contribution is -0.139. The minimum Gasteiger partial charge on any atom is -0.495 e. The second-order valence-corrected chi connectivity index (χ2v) is 4.30. The van der Waals surface area contributed by atoms with Gasteiger partial charge in [-0.15, -0.1) is 0 Å². The van der Waals surface area contributed by atoms with E-state index in [2.05, 4.69) is 5.32 Å². The van der Waals surface area contributed by atoms with Crippen LogP contribution in [0.4, 0.5) is 5.69 Å². The maximum atomic E-state index is 11.8. The van der Waals surface area contributed by atoms with Crippen LogP contribution in [-0.2, 0) is 9.59 Å². The van der Waals surface area contributed by atoms with Crippen LogP contribution in [-0.4, -0.2) is 24.1 Å². The van der Waals surface area contributed by atoms with Gasteiger partial charge in [0.2, 0.25) is 5.91 Å². The predicted molar refractivity (Wildman–Crippen MR) is 65.6 cm³/mol. The van der Waals surface area contributed by atoms with Gasteiger partial charge < -0.3 is 15.2 Å². The molecule has 0 heterocycles. The molecule has 0 unspecified atom stereocenters. The standard InChI is InChI=1S/C13H12N2O4/c1-19-11-4-7(6-14)2-3-10(11)15-12(16)8-5-9(8)13(17)18/h2-4,8-9H,5H2,1H3,(H,15,16)(H,17,18)/t8-,9+/m1/s1. The molecule has 6 nitrogen and oxygen atoms in total. The zero-order valence-electron chi connectivity index (χ0n) is 10.2. The van der Waals surface area contributed by atoms with Gasteiger partial charge in [-0.05, 0) is 18.6 Å². The highest BCUT2D eigenvalue weighted by molar-refractivity contribution is 5.99. The molecule has 0 aliphatic heterocycles. The number of anilines is 1. The van der Waals surface area contributed by atoms with E-state index in [9.17, 15) is 9.59 Å². The fourth-order valence-corrected chi connectivity index (χ4v) is 1.85. The Hall–Kier alpha value is -2.55. The van der Waals surface area contributed by atoms with Gasteiger partial charge in [-0.1, -0.05) is 0 Å². The number of aliphatic carboxylic acids is 1. The van der Waals surface area contributed by atoms with Crippen molar-refractivity contribution in [3.8, 4) is 11.8 Å².